The number of thioether (sulfide) groups is 1. The van der Waals surface area contributed by atoms with E-state index in [0.29, 0.717) is 39.1 Å². The number of imide groups is 1. The minimum atomic E-state index is -0.535. The molecule has 0 aliphatic rings. The van der Waals surface area contributed by atoms with Gasteiger partial charge in [-0.1, -0.05) is 48.8 Å². The molecule has 0 bridgehead atoms. The van der Waals surface area contributed by atoms with Gasteiger partial charge in [0.25, 0.3) is 0 Å². The van der Waals surface area contributed by atoms with Crippen LogP contribution in [0, 0.1) is 5.92 Å². The summed E-state index contributed by atoms with van der Waals surface area (Å²) in [6, 6.07) is 4.38. The van der Waals surface area contributed by atoms with E-state index in [9.17, 15) is 9.59 Å². The summed E-state index contributed by atoms with van der Waals surface area (Å²) in [6.07, 6.45) is 0. The molecule has 1 aromatic heterocycles. The number of nitrogen functional groups attached to an aromatic ring is 1. The maximum absolute atomic E-state index is 11.8. The molecule has 0 aliphatic heterocycles. The van der Waals surface area contributed by atoms with Gasteiger partial charge in [-0.3, -0.25) is 10.1 Å². The number of nitrogens with two attached hydrogens (primary N) is 1. The summed E-state index contributed by atoms with van der Waals surface area (Å²) in [5.41, 5.74) is 0.565. The molecule has 4 N–H and O–H groups in total. The van der Waals surface area contributed by atoms with Crippen molar-refractivity contribution in [3.63, 3.8) is 0 Å². The quantitative estimate of drug-likeness (QED) is 0.492. The number of amides is 3. The van der Waals surface area contributed by atoms with E-state index in [4.69, 9.17) is 29.0 Å². The number of aromatic nitrogens is 3. The van der Waals surface area contributed by atoms with Gasteiger partial charge in [-0.05, 0) is 24.1 Å². The maximum Gasteiger partial charge on any atom is 0.321 e. The molecule has 0 saturated carbocycles. The number of hydrogen-bond acceptors (Lipinski definition) is 6. The van der Waals surface area contributed by atoms with Gasteiger partial charge >= 0.3 is 6.03 Å². The molecule has 11 heteroatoms. The van der Waals surface area contributed by atoms with Crippen LogP contribution in [0.5, 0.6) is 0 Å². The van der Waals surface area contributed by atoms with Gasteiger partial charge < -0.3 is 11.2 Å². The Balaban J connectivity index is 1.96. The van der Waals surface area contributed by atoms with Gasteiger partial charge in [0.2, 0.25) is 11.1 Å². The first kappa shape index (κ1) is 20.3. The van der Waals surface area contributed by atoms with Gasteiger partial charge in [0.05, 0.1) is 10.8 Å². The first-order valence-electron chi connectivity index (χ1n) is 7.64. The molecule has 0 saturated heterocycles. The van der Waals surface area contributed by atoms with Gasteiger partial charge in [-0.2, -0.15) is 0 Å². The molecule has 2 aromatic rings. The van der Waals surface area contributed by atoms with Gasteiger partial charge in [0, 0.05) is 17.1 Å². The zero-order valence-electron chi connectivity index (χ0n) is 14.1. The largest absolute Gasteiger partial charge is 0.338 e. The second-order valence-electron chi connectivity index (χ2n) is 5.74. The normalized spacial score (nSPS) is 10.8. The fraction of sp³-hybridized carbons (Fsp3) is 0.333. The number of carbonyl (C=O) groups is 2. The maximum atomic E-state index is 11.8. The Morgan fingerprint density at radius 1 is 1.31 bits per heavy atom. The van der Waals surface area contributed by atoms with Crippen LogP contribution in [0.15, 0.2) is 23.4 Å². The molecule has 140 valence electrons. The van der Waals surface area contributed by atoms with Crippen LogP contribution in [0.25, 0.3) is 11.4 Å². The van der Waals surface area contributed by atoms with Crippen LogP contribution in [0.4, 0.5) is 4.79 Å². The van der Waals surface area contributed by atoms with Gasteiger partial charge in [0.1, 0.15) is 0 Å². The fourth-order valence-corrected chi connectivity index (χ4v) is 3.01. The highest BCUT2D eigenvalue weighted by Crippen LogP contribution is 2.30. The van der Waals surface area contributed by atoms with Crippen molar-refractivity contribution < 1.29 is 9.59 Å². The molecule has 2 rings (SSSR count). The van der Waals surface area contributed by atoms with E-state index < -0.39 is 11.9 Å². The first-order valence-corrected chi connectivity index (χ1v) is 9.38. The van der Waals surface area contributed by atoms with Crippen molar-refractivity contribution in [3.8, 4) is 11.4 Å². The van der Waals surface area contributed by atoms with E-state index in [0.717, 1.165) is 11.8 Å². The Kier molecular flexibility index (Phi) is 7.13. The zero-order chi connectivity index (χ0) is 19.3. The number of rotatable bonds is 6. The predicted molar refractivity (Wildman–Crippen MR) is 103 cm³/mol. The molecule has 1 heterocycles. The summed E-state index contributed by atoms with van der Waals surface area (Å²) >= 11 is 13.1. The van der Waals surface area contributed by atoms with Crippen LogP contribution >= 0.6 is 35.0 Å². The predicted octanol–water partition coefficient (Wildman–Crippen LogP) is 2.54. The van der Waals surface area contributed by atoms with Gasteiger partial charge in [-0.15, -0.1) is 10.2 Å². The lowest BCUT2D eigenvalue weighted by atomic mass is 10.2. The minimum Gasteiger partial charge on any atom is -0.338 e. The Morgan fingerprint density at radius 2 is 2.04 bits per heavy atom. The Labute approximate surface area is 164 Å². The Hall–Kier alpha value is -1.97. The molecule has 1 aromatic carbocycles. The topological polar surface area (TPSA) is 115 Å². The van der Waals surface area contributed by atoms with E-state index in [-0.39, 0.29) is 5.75 Å². The lowest BCUT2D eigenvalue weighted by Gasteiger charge is -2.08. The standard InChI is InChI=1S/C15H18Cl2N6O2S/c1-8(2)6-19-14(25)20-12(24)7-26-15-22-21-13(23(15)18)10-4-3-9(16)5-11(10)17/h3-5,8H,6-7,18H2,1-2H3,(H2,19,20,24,25). The second-order valence-corrected chi connectivity index (χ2v) is 7.53. The third kappa shape index (κ3) is 5.52. The van der Waals surface area contributed by atoms with Gasteiger partial charge in [-0.25, -0.2) is 9.47 Å². The molecule has 0 radical (unpaired) electrons. The molecule has 0 aliphatic carbocycles. The molecular weight excluding hydrogens is 399 g/mol. The van der Waals surface area contributed by atoms with Crippen LogP contribution in [0.3, 0.4) is 0 Å². The van der Waals surface area contributed by atoms with Crippen LogP contribution in [0.2, 0.25) is 10.0 Å². The Bertz CT molecular complexity index is 811. The monoisotopic (exact) mass is 416 g/mol. The highest BCUT2D eigenvalue weighted by Gasteiger charge is 2.17. The van der Waals surface area contributed by atoms with Crippen molar-refractivity contribution in [3.05, 3.63) is 28.2 Å². The molecule has 8 nitrogen and oxygen atoms in total. The zero-order valence-corrected chi connectivity index (χ0v) is 16.5. The minimum absolute atomic E-state index is 0.0429. The van der Waals surface area contributed by atoms with E-state index in [2.05, 4.69) is 20.8 Å². The van der Waals surface area contributed by atoms with Crippen LogP contribution < -0.4 is 16.5 Å². The molecule has 0 fully saturated rings. The smallest absolute Gasteiger partial charge is 0.321 e. The number of halogens is 2. The van der Waals surface area contributed by atoms with E-state index in [1.165, 1.54) is 4.68 Å². The Morgan fingerprint density at radius 3 is 2.69 bits per heavy atom. The fourth-order valence-electron chi connectivity index (χ4n) is 1.86. The van der Waals surface area contributed by atoms with Crippen LogP contribution in [-0.2, 0) is 4.79 Å². The van der Waals surface area contributed by atoms with Crippen molar-refractivity contribution in [1.82, 2.24) is 25.5 Å². The molecule has 0 unspecified atom stereocenters. The number of urea groups is 1. The van der Waals surface area contributed by atoms with Crippen molar-refractivity contribution in [1.29, 1.82) is 0 Å². The summed E-state index contributed by atoms with van der Waals surface area (Å²) in [5.74, 6) is 6.10. The highest BCUT2D eigenvalue weighted by atomic mass is 35.5. The third-order valence-electron chi connectivity index (χ3n) is 3.09. The summed E-state index contributed by atoms with van der Waals surface area (Å²) in [5, 5.41) is 13.9. The third-order valence-corrected chi connectivity index (χ3v) is 4.58. The number of nitrogens with one attached hydrogen (secondary N) is 2. The molecule has 0 atom stereocenters. The lowest BCUT2D eigenvalue weighted by Crippen LogP contribution is -2.41. The van der Waals surface area contributed by atoms with Crippen molar-refractivity contribution in [2.75, 3.05) is 18.1 Å². The average Bonchev–Trinajstić information content (AvgIpc) is 2.92. The molecule has 3 amide bonds. The van der Waals surface area contributed by atoms with Crippen LogP contribution in [0.1, 0.15) is 13.8 Å². The molecule has 26 heavy (non-hydrogen) atoms. The summed E-state index contributed by atoms with van der Waals surface area (Å²) in [7, 11) is 0. The van der Waals surface area contributed by atoms with Crippen molar-refractivity contribution in [2.45, 2.75) is 19.0 Å². The summed E-state index contributed by atoms with van der Waals surface area (Å²) < 4.78 is 1.23. The molecule has 0 spiro atoms. The number of carbonyl (C=O) groups excluding carboxylic acids is 2. The SMILES string of the molecule is CC(C)CNC(=O)NC(=O)CSc1nnc(-c2ccc(Cl)cc2Cl)n1N. The van der Waals surface area contributed by atoms with Crippen molar-refractivity contribution >= 4 is 46.9 Å². The number of hydrogen-bond donors (Lipinski definition) is 3. The number of benzene rings is 1. The highest BCUT2D eigenvalue weighted by molar-refractivity contribution is 7.99. The number of nitrogens with zero attached hydrogens (tertiary/aromatic N) is 3. The van der Waals surface area contributed by atoms with E-state index in [1.807, 2.05) is 13.8 Å². The van der Waals surface area contributed by atoms with E-state index >= 15 is 0 Å². The van der Waals surface area contributed by atoms with Crippen molar-refractivity contribution in [2.24, 2.45) is 5.92 Å². The van der Waals surface area contributed by atoms with E-state index in [1.54, 1.807) is 18.2 Å². The lowest BCUT2D eigenvalue weighted by molar-refractivity contribution is -0.117. The molecular formula is C15H18Cl2N6O2S. The summed E-state index contributed by atoms with van der Waals surface area (Å²) in [4.78, 5) is 23.4. The second kappa shape index (κ2) is 9.11. The summed E-state index contributed by atoms with van der Waals surface area (Å²) in [6.45, 7) is 4.39. The first-order chi connectivity index (χ1) is 12.3. The average molecular weight is 417 g/mol. The van der Waals surface area contributed by atoms with Gasteiger partial charge in [0.15, 0.2) is 5.82 Å². The van der Waals surface area contributed by atoms with Crippen LogP contribution in [-0.4, -0.2) is 39.1 Å².